The predicted molar refractivity (Wildman–Crippen MR) is 111 cm³/mol. The van der Waals surface area contributed by atoms with Crippen LogP contribution in [0.2, 0.25) is 0 Å². The first-order valence-corrected chi connectivity index (χ1v) is 9.75. The van der Waals surface area contributed by atoms with Gasteiger partial charge in [0.2, 0.25) is 0 Å². The van der Waals surface area contributed by atoms with Crippen LogP contribution in [0.3, 0.4) is 0 Å². The van der Waals surface area contributed by atoms with E-state index in [1.54, 1.807) is 19.1 Å². The van der Waals surface area contributed by atoms with E-state index in [2.05, 4.69) is 26.6 Å². The second kappa shape index (κ2) is 9.00. The van der Waals surface area contributed by atoms with Crippen molar-refractivity contribution < 1.29 is 24.2 Å². The van der Waals surface area contributed by atoms with E-state index in [1.807, 2.05) is 30.3 Å². The molecule has 1 aliphatic rings. The molecule has 2 aromatic carbocycles. The number of nitrogens with one attached hydrogen (secondary N) is 2. The summed E-state index contributed by atoms with van der Waals surface area (Å²) in [7, 11) is 1.42. The number of amides is 2. The van der Waals surface area contributed by atoms with E-state index in [1.165, 1.54) is 7.11 Å². The fraction of sp³-hybridized carbons (Fsp3) is 0.238. The molecule has 3 N–H and O–H groups in total. The quantitative estimate of drug-likeness (QED) is 0.572. The first-order chi connectivity index (χ1) is 13.9. The molecule has 29 heavy (non-hydrogen) atoms. The number of methoxy groups -OCH3 is 1. The Morgan fingerprint density at radius 2 is 1.97 bits per heavy atom. The average Bonchev–Trinajstić information content (AvgIpc) is 2.70. The van der Waals surface area contributed by atoms with Crippen molar-refractivity contribution in [3.05, 3.63) is 69.3 Å². The van der Waals surface area contributed by atoms with E-state index < -0.39 is 18.0 Å². The lowest BCUT2D eigenvalue weighted by atomic mass is 9.95. The molecule has 2 amide bonds. The van der Waals surface area contributed by atoms with Crippen LogP contribution in [0, 0.1) is 0 Å². The van der Waals surface area contributed by atoms with Crippen LogP contribution in [-0.2, 0) is 16.0 Å². The van der Waals surface area contributed by atoms with E-state index in [-0.39, 0.29) is 23.7 Å². The van der Waals surface area contributed by atoms with Gasteiger partial charge in [0.25, 0.3) is 0 Å². The van der Waals surface area contributed by atoms with Crippen molar-refractivity contribution in [2.45, 2.75) is 19.4 Å². The van der Waals surface area contributed by atoms with Crippen molar-refractivity contribution in [2.24, 2.45) is 0 Å². The summed E-state index contributed by atoms with van der Waals surface area (Å²) in [5.74, 6) is -0.375. The largest absolute Gasteiger partial charge is 0.503 e. The van der Waals surface area contributed by atoms with Gasteiger partial charge in [-0.1, -0.05) is 30.3 Å². The number of carbonyl (C=O) groups is 2. The Labute approximate surface area is 176 Å². The second-order valence-corrected chi connectivity index (χ2v) is 7.35. The van der Waals surface area contributed by atoms with Gasteiger partial charge in [-0.15, -0.1) is 0 Å². The molecule has 2 aromatic rings. The summed E-state index contributed by atoms with van der Waals surface area (Å²) >= 11 is 3.27. The van der Waals surface area contributed by atoms with Crippen molar-refractivity contribution in [1.29, 1.82) is 0 Å². The van der Waals surface area contributed by atoms with Crippen molar-refractivity contribution in [1.82, 2.24) is 10.6 Å². The Kier molecular flexibility index (Phi) is 6.43. The number of halogens is 1. The number of carbonyl (C=O) groups excluding carboxylic acids is 2. The molecule has 7 nitrogen and oxygen atoms in total. The maximum atomic E-state index is 12.8. The standard InChI is InChI=1S/C21H21BrN2O5/c1-12-17(20(26)29-9-8-13-6-4-3-5-7-13)18(24-21(27)23-12)14-10-15(22)19(25)16(11-14)28-2/h3-7,10-11,18,25H,8-9H2,1-2H3,(H2,23,24,27)/t18-/m1/s1. The highest BCUT2D eigenvalue weighted by atomic mass is 79.9. The maximum Gasteiger partial charge on any atom is 0.338 e. The zero-order valence-electron chi connectivity index (χ0n) is 16.0. The van der Waals surface area contributed by atoms with Crippen LogP contribution in [0.4, 0.5) is 4.79 Å². The third-order valence-corrected chi connectivity index (χ3v) is 5.16. The molecule has 1 heterocycles. The Hall–Kier alpha value is -3.00. The SMILES string of the molecule is COc1cc([C@H]2NC(=O)NC(C)=C2C(=O)OCCc2ccccc2)cc(Br)c1O. The van der Waals surface area contributed by atoms with E-state index in [0.29, 0.717) is 22.2 Å². The molecule has 0 saturated heterocycles. The molecular formula is C21H21BrN2O5. The first-order valence-electron chi connectivity index (χ1n) is 8.96. The molecule has 0 unspecified atom stereocenters. The second-order valence-electron chi connectivity index (χ2n) is 6.50. The zero-order chi connectivity index (χ0) is 21.0. The molecule has 1 atom stereocenters. The molecule has 0 fully saturated rings. The molecule has 0 spiro atoms. The highest BCUT2D eigenvalue weighted by Gasteiger charge is 2.33. The number of aromatic hydroxyl groups is 1. The van der Waals surface area contributed by atoms with E-state index in [9.17, 15) is 14.7 Å². The lowest BCUT2D eigenvalue weighted by Crippen LogP contribution is -2.45. The molecular weight excluding hydrogens is 440 g/mol. The summed E-state index contributed by atoms with van der Waals surface area (Å²) in [5.41, 5.74) is 2.32. The molecule has 0 aromatic heterocycles. The van der Waals surface area contributed by atoms with Crippen molar-refractivity contribution in [3.8, 4) is 11.5 Å². The maximum absolute atomic E-state index is 12.8. The fourth-order valence-electron chi connectivity index (χ4n) is 3.11. The van der Waals surface area contributed by atoms with Crippen LogP contribution in [0.1, 0.15) is 24.1 Å². The Morgan fingerprint density at radius 3 is 2.66 bits per heavy atom. The van der Waals surface area contributed by atoms with Gasteiger partial charge in [0, 0.05) is 12.1 Å². The van der Waals surface area contributed by atoms with Gasteiger partial charge in [0.1, 0.15) is 0 Å². The molecule has 0 radical (unpaired) electrons. The van der Waals surface area contributed by atoms with Gasteiger partial charge < -0.3 is 25.2 Å². The zero-order valence-corrected chi connectivity index (χ0v) is 17.6. The minimum atomic E-state index is -0.751. The lowest BCUT2D eigenvalue weighted by Gasteiger charge is -2.28. The molecule has 152 valence electrons. The molecule has 8 heteroatoms. The van der Waals surface area contributed by atoms with Gasteiger partial charge in [-0.05, 0) is 46.1 Å². The van der Waals surface area contributed by atoms with Crippen molar-refractivity contribution in [2.75, 3.05) is 13.7 Å². The van der Waals surface area contributed by atoms with Crippen LogP contribution < -0.4 is 15.4 Å². The van der Waals surface area contributed by atoms with Crippen LogP contribution in [-0.4, -0.2) is 30.8 Å². The highest BCUT2D eigenvalue weighted by Crippen LogP contribution is 2.39. The van der Waals surface area contributed by atoms with Crippen LogP contribution in [0.25, 0.3) is 0 Å². The number of phenols is 1. The van der Waals surface area contributed by atoms with Gasteiger partial charge in [0.15, 0.2) is 11.5 Å². The van der Waals surface area contributed by atoms with Gasteiger partial charge in [-0.25, -0.2) is 9.59 Å². The summed E-state index contributed by atoms with van der Waals surface area (Å²) < 4.78 is 11.0. The summed E-state index contributed by atoms with van der Waals surface area (Å²) in [6.45, 7) is 1.86. The van der Waals surface area contributed by atoms with Crippen LogP contribution in [0.15, 0.2) is 58.2 Å². The summed E-state index contributed by atoms with van der Waals surface area (Å²) in [6.07, 6.45) is 0.585. The fourth-order valence-corrected chi connectivity index (χ4v) is 3.57. The van der Waals surface area contributed by atoms with Gasteiger partial charge in [-0.2, -0.15) is 0 Å². The van der Waals surface area contributed by atoms with Gasteiger partial charge in [0.05, 0.1) is 29.8 Å². The smallest absolute Gasteiger partial charge is 0.338 e. The number of benzene rings is 2. The lowest BCUT2D eigenvalue weighted by molar-refractivity contribution is -0.139. The van der Waals surface area contributed by atoms with Crippen LogP contribution >= 0.6 is 15.9 Å². The minimum absolute atomic E-state index is 0.0656. The van der Waals surface area contributed by atoms with E-state index in [4.69, 9.17) is 9.47 Å². The number of urea groups is 1. The van der Waals surface area contributed by atoms with E-state index >= 15 is 0 Å². The summed E-state index contributed by atoms with van der Waals surface area (Å²) in [5, 5.41) is 15.4. The normalized spacial score (nSPS) is 16.1. The summed E-state index contributed by atoms with van der Waals surface area (Å²) in [4.78, 5) is 24.9. The molecule has 3 rings (SSSR count). The number of hydrogen-bond acceptors (Lipinski definition) is 5. The number of hydrogen-bond donors (Lipinski definition) is 3. The topological polar surface area (TPSA) is 96.9 Å². The number of phenolic OH excluding ortho intramolecular Hbond substituents is 1. The number of ether oxygens (including phenoxy) is 2. The monoisotopic (exact) mass is 460 g/mol. The third kappa shape index (κ3) is 4.71. The van der Waals surface area contributed by atoms with Gasteiger partial charge >= 0.3 is 12.0 Å². The highest BCUT2D eigenvalue weighted by molar-refractivity contribution is 9.10. The Bertz CT molecular complexity index is 959. The Balaban J connectivity index is 1.84. The van der Waals surface area contributed by atoms with Gasteiger partial charge in [-0.3, -0.25) is 0 Å². The molecule has 0 saturated carbocycles. The number of rotatable bonds is 6. The third-order valence-electron chi connectivity index (χ3n) is 4.56. The Morgan fingerprint density at radius 1 is 1.24 bits per heavy atom. The molecule has 1 aliphatic heterocycles. The first kappa shape index (κ1) is 20.7. The van der Waals surface area contributed by atoms with Crippen LogP contribution in [0.5, 0.6) is 11.5 Å². The molecule has 0 bridgehead atoms. The van der Waals surface area contributed by atoms with E-state index in [0.717, 1.165) is 5.56 Å². The molecule has 0 aliphatic carbocycles. The average molecular weight is 461 g/mol. The summed E-state index contributed by atoms with van der Waals surface area (Å²) in [6, 6.07) is 11.7. The number of esters is 1. The van der Waals surface area contributed by atoms with Crippen molar-refractivity contribution >= 4 is 27.9 Å². The van der Waals surface area contributed by atoms with Crippen molar-refractivity contribution in [3.63, 3.8) is 0 Å². The predicted octanol–water partition coefficient (Wildman–Crippen LogP) is 3.58. The minimum Gasteiger partial charge on any atom is -0.503 e. The number of allylic oxidation sites excluding steroid dienone is 1.